The third-order valence-corrected chi connectivity index (χ3v) is 6.75. The number of fused-ring (bicyclic) bond motifs is 3. The van der Waals surface area contributed by atoms with Gasteiger partial charge in [0.05, 0.1) is 11.9 Å². The molecule has 0 radical (unpaired) electrons. The highest BCUT2D eigenvalue weighted by Crippen LogP contribution is 2.34. The second-order valence-electron chi connectivity index (χ2n) is 7.29. The molecule has 27 heavy (non-hydrogen) atoms. The van der Waals surface area contributed by atoms with E-state index >= 15 is 0 Å². The Morgan fingerprint density at radius 3 is 2.67 bits per heavy atom. The number of aromatic amines is 1. The highest BCUT2D eigenvalue weighted by atomic mass is 32.1. The molecule has 3 heterocycles. The molecule has 5 nitrogen and oxygen atoms in total. The molecule has 0 bridgehead atoms. The lowest BCUT2D eigenvalue weighted by molar-refractivity contribution is 0.244. The zero-order valence-corrected chi connectivity index (χ0v) is 15.8. The van der Waals surface area contributed by atoms with Gasteiger partial charge in [-0.25, -0.2) is 9.37 Å². The fourth-order valence-corrected chi connectivity index (χ4v) is 5.43. The number of aromatic nitrogens is 2. The number of nitrogens with zero attached hydrogens (tertiary/aromatic N) is 3. The first-order valence-electron chi connectivity index (χ1n) is 9.44. The van der Waals surface area contributed by atoms with Crippen LogP contribution in [0.25, 0.3) is 10.2 Å². The van der Waals surface area contributed by atoms with Gasteiger partial charge >= 0.3 is 0 Å². The molecule has 1 fully saturated rings. The summed E-state index contributed by atoms with van der Waals surface area (Å²) in [5.41, 5.74) is 2.29. The van der Waals surface area contributed by atoms with Crippen molar-refractivity contribution in [2.75, 3.05) is 31.1 Å². The summed E-state index contributed by atoms with van der Waals surface area (Å²) in [6, 6.07) is 6.66. The molecule has 0 saturated carbocycles. The summed E-state index contributed by atoms with van der Waals surface area (Å²) in [5.74, 6) is 0.546. The van der Waals surface area contributed by atoms with Crippen LogP contribution in [0, 0.1) is 5.82 Å². The maximum atomic E-state index is 13.1. The number of nitrogens with one attached hydrogen (secondary N) is 1. The van der Waals surface area contributed by atoms with E-state index in [-0.39, 0.29) is 11.4 Å². The number of anilines is 1. The number of thiophene rings is 1. The minimum Gasteiger partial charge on any atom is -0.369 e. The fraction of sp³-hybridized carbons (Fsp3) is 0.400. The average Bonchev–Trinajstić information content (AvgIpc) is 3.24. The van der Waals surface area contributed by atoms with E-state index in [0.29, 0.717) is 6.54 Å². The highest BCUT2D eigenvalue weighted by Gasteiger charge is 2.22. The van der Waals surface area contributed by atoms with Crippen molar-refractivity contribution in [3.8, 4) is 0 Å². The third kappa shape index (κ3) is 3.15. The van der Waals surface area contributed by atoms with E-state index in [9.17, 15) is 9.18 Å². The van der Waals surface area contributed by atoms with Gasteiger partial charge in [0.25, 0.3) is 5.56 Å². The van der Waals surface area contributed by atoms with Crippen LogP contribution in [-0.4, -0.2) is 41.0 Å². The Labute approximate surface area is 160 Å². The number of H-pyrrole nitrogens is 1. The van der Waals surface area contributed by atoms with Crippen molar-refractivity contribution in [2.45, 2.75) is 25.8 Å². The Morgan fingerprint density at radius 1 is 1.11 bits per heavy atom. The summed E-state index contributed by atoms with van der Waals surface area (Å²) in [7, 11) is 0. The number of aryl methyl sites for hydroxylation is 2. The third-order valence-electron chi connectivity index (χ3n) is 5.56. The van der Waals surface area contributed by atoms with Crippen LogP contribution in [0.2, 0.25) is 0 Å². The van der Waals surface area contributed by atoms with Crippen LogP contribution >= 0.6 is 11.3 Å². The maximum absolute atomic E-state index is 13.1. The summed E-state index contributed by atoms with van der Waals surface area (Å²) >= 11 is 1.69. The Bertz CT molecular complexity index is 1030. The summed E-state index contributed by atoms with van der Waals surface area (Å²) in [6.45, 7) is 4.20. The van der Waals surface area contributed by atoms with Crippen molar-refractivity contribution in [3.63, 3.8) is 0 Å². The van der Waals surface area contributed by atoms with Gasteiger partial charge < -0.3 is 9.88 Å². The van der Waals surface area contributed by atoms with Crippen LogP contribution in [0.5, 0.6) is 0 Å². The van der Waals surface area contributed by atoms with E-state index in [1.165, 1.54) is 22.6 Å². The molecule has 5 rings (SSSR count). The predicted molar refractivity (Wildman–Crippen MR) is 106 cm³/mol. The number of piperazine rings is 1. The maximum Gasteiger partial charge on any atom is 0.259 e. The molecule has 1 aromatic carbocycles. The molecular formula is C20H21FN4OS. The molecule has 140 valence electrons. The van der Waals surface area contributed by atoms with Crippen molar-refractivity contribution in [2.24, 2.45) is 0 Å². The minimum absolute atomic E-state index is 0.0133. The van der Waals surface area contributed by atoms with Gasteiger partial charge in [0.1, 0.15) is 16.5 Å². The van der Waals surface area contributed by atoms with E-state index in [4.69, 9.17) is 4.98 Å². The molecule has 0 amide bonds. The molecule has 3 aromatic rings. The summed E-state index contributed by atoms with van der Waals surface area (Å²) in [5, 5.41) is 0.817. The van der Waals surface area contributed by atoms with E-state index in [1.807, 2.05) is 12.1 Å². The van der Waals surface area contributed by atoms with Crippen molar-refractivity contribution in [3.05, 3.63) is 56.7 Å². The first kappa shape index (κ1) is 16.9. The highest BCUT2D eigenvalue weighted by molar-refractivity contribution is 7.18. The summed E-state index contributed by atoms with van der Waals surface area (Å²) < 4.78 is 13.1. The SMILES string of the molecule is O=c1[nH]c(CN2CCN(c3ccc(F)cc3)CC2)nc2sc3c(c12)CCC3. The van der Waals surface area contributed by atoms with Crippen LogP contribution in [0.1, 0.15) is 22.7 Å². The van der Waals surface area contributed by atoms with Crippen molar-refractivity contribution >= 4 is 27.2 Å². The van der Waals surface area contributed by atoms with Crippen molar-refractivity contribution in [1.29, 1.82) is 0 Å². The number of rotatable bonds is 3. The van der Waals surface area contributed by atoms with Crippen LogP contribution < -0.4 is 10.5 Å². The number of halogens is 1. The van der Waals surface area contributed by atoms with Gasteiger partial charge in [-0.05, 0) is 49.1 Å². The zero-order chi connectivity index (χ0) is 18.4. The Kier molecular flexibility index (Phi) is 4.21. The first-order chi connectivity index (χ1) is 13.2. The molecule has 1 N–H and O–H groups in total. The van der Waals surface area contributed by atoms with E-state index in [1.54, 1.807) is 11.3 Å². The fourth-order valence-electron chi connectivity index (χ4n) is 4.15. The molecule has 1 aliphatic carbocycles. The second-order valence-corrected chi connectivity index (χ2v) is 8.37. The van der Waals surface area contributed by atoms with Crippen LogP contribution in [-0.2, 0) is 19.4 Å². The van der Waals surface area contributed by atoms with E-state index in [2.05, 4.69) is 14.8 Å². The predicted octanol–water partition coefficient (Wildman–Crippen LogP) is 2.93. The lowest BCUT2D eigenvalue weighted by atomic mass is 10.2. The van der Waals surface area contributed by atoms with Gasteiger partial charge in [0.2, 0.25) is 0 Å². The number of benzene rings is 1. The zero-order valence-electron chi connectivity index (χ0n) is 15.0. The molecule has 0 atom stereocenters. The lowest BCUT2D eigenvalue weighted by Crippen LogP contribution is -2.46. The monoisotopic (exact) mass is 384 g/mol. The van der Waals surface area contributed by atoms with Gasteiger partial charge in [0.15, 0.2) is 0 Å². The van der Waals surface area contributed by atoms with Crippen molar-refractivity contribution < 1.29 is 4.39 Å². The van der Waals surface area contributed by atoms with E-state index < -0.39 is 0 Å². The van der Waals surface area contributed by atoms with Crippen LogP contribution in [0.3, 0.4) is 0 Å². The number of hydrogen-bond acceptors (Lipinski definition) is 5. The van der Waals surface area contributed by atoms with Gasteiger partial charge in [0, 0.05) is 36.7 Å². The van der Waals surface area contributed by atoms with E-state index in [0.717, 1.165) is 67.2 Å². The largest absolute Gasteiger partial charge is 0.369 e. The lowest BCUT2D eigenvalue weighted by Gasteiger charge is -2.35. The molecular weight excluding hydrogens is 363 g/mol. The van der Waals surface area contributed by atoms with Gasteiger partial charge in [-0.2, -0.15) is 0 Å². The molecule has 2 aromatic heterocycles. The molecule has 7 heteroatoms. The van der Waals surface area contributed by atoms with Gasteiger partial charge in [-0.1, -0.05) is 0 Å². The van der Waals surface area contributed by atoms with Crippen LogP contribution in [0.15, 0.2) is 29.1 Å². The first-order valence-corrected chi connectivity index (χ1v) is 10.3. The topological polar surface area (TPSA) is 52.2 Å². The molecule has 1 aliphatic heterocycles. The molecule has 2 aliphatic rings. The van der Waals surface area contributed by atoms with Crippen molar-refractivity contribution in [1.82, 2.24) is 14.9 Å². The smallest absolute Gasteiger partial charge is 0.259 e. The Balaban J connectivity index is 1.29. The van der Waals surface area contributed by atoms with Gasteiger partial charge in [-0.15, -0.1) is 11.3 Å². The molecule has 0 unspecified atom stereocenters. The van der Waals surface area contributed by atoms with Gasteiger partial charge in [-0.3, -0.25) is 9.69 Å². The summed E-state index contributed by atoms with van der Waals surface area (Å²) in [4.78, 5) is 27.1. The Morgan fingerprint density at radius 2 is 1.89 bits per heavy atom. The standard InChI is InChI=1S/C20H21FN4OS/c21-13-4-6-14(7-5-13)25-10-8-24(9-11-25)12-17-22-19(26)18-15-2-1-3-16(15)27-20(18)23-17/h4-7H,1-3,8-12H2,(H,22,23,26). The average molecular weight is 384 g/mol. The van der Waals surface area contributed by atoms with Crippen LogP contribution in [0.4, 0.5) is 10.1 Å². The molecule has 1 saturated heterocycles. The second kappa shape index (κ2) is 6.73. The molecule has 0 spiro atoms. The summed E-state index contributed by atoms with van der Waals surface area (Å²) in [6.07, 6.45) is 3.23. The minimum atomic E-state index is -0.206. The Hall–Kier alpha value is -2.25. The number of hydrogen-bond donors (Lipinski definition) is 1. The normalized spacial score (nSPS) is 17.6. The quantitative estimate of drug-likeness (QED) is 0.754.